The number of allylic oxidation sites excluding steroid dienone is 4. The van der Waals surface area contributed by atoms with Gasteiger partial charge in [-0.25, -0.2) is 0 Å². The maximum absolute atomic E-state index is 2.73. The van der Waals surface area contributed by atoms with Crippen LogP contribution in [0.5, 0.6) is 0 Å². The van der Waals surface area contributed by atoms with Gasteiger partial charge in [-0.2, -0.15) is 0 Å². The van der Waals surface area contributed by atoms with Crippen LogP contribution >= 0.6 is 0 Å². The van der Waals surface area contributed by atoms with Gasteiger partial charge in [-0.1, -0.05) is 128 Å². The number of hydrogen-bond donors (Lipinski definition) is 0. The Morgan fingerprint density at radius 3 is 1.68 bits per heavy atom. The van der Waals surface area contributed by atoms with Crippen LogP contribution in [0.1, 0.15) is 135 Å². The van der Waals surface area contributed by atoms with Crippen LogP contribution in [0.3, 0.4) is 0 Å². The molecule has 0 nitrogen and oxygen atoms in total. The van der Waals surface area contributed by atoms with Crippen LogP contribution in [-0.2, 0) is 37.0 Å². The summed E-state index contributed by atoms with van der Waals surface area (Å²) in [5, 5.41) is 0. The first kappa shape index (κ1) is 33.9. The van der Waals surface area contributed by atoms with Gasteiger partial charge in [-0.05, 0) is 87.3 Å². The van der Waals surface area contributed by atoms with Crippen molar-refractivity contribution in [2.75, 3.05) is 0 Å². The Bertz CT molecular complexity index is 1260. The third kappa shape index (κ3) is 5.44. The number of fused-ring (bicyclic) bond motifs is 3. The van der Waals surface area contributed by atoms with E-state index in [1.807, 2.05) is 0 Å². The fraction of sp³-hybridized carbons (Fsp3) is 0.568. The van der Waals surface area contributed by atoms with Crippen molar-refractivity contribution < 1.29 is 51.0 Å². The van der Waals surface area contributed by atoms with Gasteiger partial charge in [0.2, 0.25) is 0 Å². The van der Waals surface area contributed by atoms with Crippen LogP contribution in [0, 0.1) is 10.8 Å². The van der Waals surface area contributed by atoms with Crippen LogP contribution in [-0.4, -0.2) is 0 Å². The van der Waals surface area contributed by atoms with Gasteiger partial charge in [0.25, 0.3) is 0 Å². The Hall–Kier alpha value is -0.617. The van der Waals surface area contributed by atoms with Gasteiger partial charge in [-0.15, -0.1) is 0 Å². The number of halogens is 2. The van der Waals surface area contributed by atoms with E-state index in [2.05, 4.69) is 97.9 Å². The molecule has 1 atom stereocenters. The smallest absolute Gasteiger partial charge is 1.00 e. The van der Waals surface area contributed by atoms with Crippen molar-refractivity contribution in [1.29, 1.82) is 0 Å². The number of benzene rings is 2. The Morgan fingerprint density at radius 2 is 1.20 bits per heavy atom. The van der Waals surface area contributed by atoms with Gasteiger partial charge in [0.1, 0.15) is 0 Å². The second kappa shape index (κ2) is 11.5. The van der Waals surface area contributed by atoms with E-state index in [-0.39, 0.29) is 67.3 Å². The van der Waals surface area contributed by atoms with Crippen molar-refractivity contribution in [2.24, 2.45) is 10.8 Å². The molecule has 0 radical (unpaired) electrons. The van der Waals surface area contributed by atoms with Crippen LogP contribution in [0.15, 0.2) is 59.2 Å². The Kier molecular flexibility index (Phi) is 9.72. The molecule has 0 aliphatic heterocycles. The van der Waals surface area contributed by atoms with Gasteiger partial charge in [0.15, 0.2) is 0 Å². The van der Waals surface area contributed by atoms with Crippen LogP contribution in [0.25, 0.3) is 11.1 Å². The number of hydrogen-bond acceptors (Lipinski definition) is 0. The summed E-state index contributed by atoms with van der Waals surface area (Å²) in [6.07, 6.45) is 13.5. The van der Waals surface area contributed by atoms with E-state index in [0.717, 1.165) is 0 Å². The first-order chi connectivity index (χ1) is 17.3. The van der Waals surface area contributed by atoms with E-state index in [1.165, 1.54) is 73.6 Å². The molecule has 0 N–H and O–H groups in total. The predicted octanol–water partition coefficient (Wildman–Crippen LogP) is 4.80. The first-order valence-corrected chi connectivity index (χ1v) is 15.0. The molecule has 2 aromatic carbocycles. The second-order valence-corrected chi connectivity index (χ2v) is 15.4. The quantitative estimate of drug-likeness (QED) is 0.437. The Labute approximate surface area is 276 Å². The van der Waals surface area contributed by atoms with Crippen LogP contribution < -0.4 is 24.8 Å². The maximum atomic E-state index is 2.73. The van der Waals surface area contributed by atoms with Crippen molar-refractivity contribution in [3.05, 3.63) is 81.4 Å². The summed E-state index contributed by atoms with van der Waals surface area (Å²) in [7, 11) is 0. The predicted molar refractivity (Wildman–Crippen MR) is 159 cm³/mol. The Balaban J connectivity index is 0.00000147. The first-order valence-electron chi connectivity index (χ1n) is 15.0. The molecule has 0 heterocycles. The summed E-state index contributed by atoms with van der Waals surface area (Å²) in [4.78, 5) is 0. The van der Waals surface area contributed by atoms with Gasteiger partial charge in [0, 0.05) is 11.3 Å². The van der Waals surface area contributed by atoms with Gasteiger partial charge in [-0.3, -0.25) is 0 Å². The van der Waals surface area contributed by atoms with Gasteiger partial charge >= 0.3 is 26.2 Å². The molecule has 3 heteroatoms. The molecule has 6 rings (SSSR count). The third-order valence-electron chi connectivity index (χ3n) is 10.8. The summed E-state index contributed by atoms with van der Waals surface area (Å²) >= 11 is 0. The minimum atomic E-state index is 0. The SMILES string of the molecule is CC1(C2=CC3=C(CCC3(C)C3c4cc(C(C)(C)C)ccc4-c4ccc(C(C)(C)C)cc43)C2)CCCCC1.[Cl-].[Cl-].[Zr+2]. The van der Waals surface area contributed by atoms with Crippen molar-refractivity contribution in [2.45, 2.75) is 124 Å². The standard InChI is InChI=1S/C37H48.2ClH.Zr/c1-34(2,3)25-12-14-28-29-15-13-26(35(4,5)6)22-31(29)33(30(28)21-25)37(8)19-16-24-20-27(23-32(24)37)36(7)17-10-9-11-18-36;;;/h12-15,21-23,33H,9-11,16-20H2,1-8H3;2*1H;/q;;;+2/p-2. The van der Waals surface area contributed by atoms with E-state index in [9.17, 15) is 0 Å². The molecule has 1 unspecified atom stereocenters. The zero-order valence-corrected chi connectivity index (χ0v) is 30.0. The van der Waals surface area contributed by atoms with Crippen LogP contribution in [0.4, 0.5) is 0 Å². The fourth-order valence-corrected chi connectivity index (χ4v) is 8.21. The molecular formula is C37H48Cl2Zr. The van der Waals surface area contributed by atoms with Crippen molar-refractivity contribution >= 4 is 0 Å². The molecule has 40 heavy (non-hydrogen) atoms. The molecule has 4 aliphatic carbocycles. The third-order valence-corrected chi connectivity index (χ3v) is 10.8. The summed E-state index contributed by atoms with van der Waals surface area (Å²) in [5.74, 6) is 0.435. The molecule has 1 saturated carbocycles. The van der Waals surface area contributed by atoms with Crippen molar-refractivity contribution in [1.82, 2.24) is 0 Å². The summed E-state index contributed by atoms with van der Waals surface area (Å²) in [6, 6.07) is 14.8. The summed E-state index contributed by atoms with van der Waals surface area (Å²) < 4.78 is 0. The molecule has 0 amide bonds. The number of rotatable bonds is 2. The molecule has 0 aromatic heterocycles. The molecule has 4 aliphatic rings. The topological polar surface area (TPSA) is 0 Å². The van der Waals surface area contributed by atoms with Crippen molar-refractivity contribution in [3.8, 4) is 11.1 Å². The minimum absolute atomic E-state index is 0. The zero-order chi connectivity index (χ0) is 26.4. The van der Waals surface area contributed by atoms with Gasteiger partial charge < -0.3 is 24.8 Å². The minimum Gasteiger partial charge on any atom is -1.00 e. The Morgan fingerprint density at radius 1 is 0.700 bits per heavy atom. The molecular weight excluding hydrogens is 607 g/mol. The molecule has 1 fully saturated rings. The van der Waals surface area contributed by atoms with E-state index in [0.29, 0.717) is 11.3 Å². The average molecular weight is 655 g/mol. The molecule has 2 aromatic rings. The molecule has 214 valence electrons. The molecule has 0 bridgehead atoms. The summed E-state index contributed by atoms with van der Waals surface area (Å²) in [6.45, 7) is 19.3. The monoisotopic (exact) mass is 652 g/mol. The molecule has 0 saturated heterocycles. The van der Waals surface area contributed by atoms with E-state index >= 15 is 0 Å². The normalized spacial score (nSPS) is 23.4. The fourth-order valence-electron chi connectivity index (χ4n) is 8.21. The van der Waals surface area contributed by atoms with Crippen LogP contribution in [0.2, 0.25) is 0 Å². The van der Waals surface area contributed by atoms with E-state index in [4.69, 9.17) is 0 Å². The van der Waals surface area contributed by atoms with Crippen molar-refractivity contribution in [3.63, 3.8) is 0 Å². The average Bonchev–Trinajstić information content (AvgIpc) is 3.50. The second-order valence-electron chi connectivity index (χ2n) is 15.4. The zero-order valence-electron chi connectivity index (χ0n) is 26.0. The van der Waals surface area contributed by atoms with Gasteiger partial charge in [0.05, 0.1) is 0 Å². The van der Waals surface area contributed by atoms with E-state index < -0.39 is 0 Å². The van der Waals surface area contributed by atoms with E-state index in [1.54, 1.807) is 27.8 Å². The molecule has 0 spiro atoms. The maximum Gasteiger partial charge on any atom is 2.00 e. The summed E-state index contributed by atoms with van der Waals surface area (Å²) in [5.41, 5.74) is 15.2. The largest absolute Gasteiger partial charge is 2.00 e.